The molecule has 2 unspecified atom stereocenters. The molecule has 0 saturated heterocycles. The first-order valence-electron chi connectivity index (χ1n) is 20.2. The van der Waals surface area contributed by atoms with Crippen molar-refractivity contribution >= 4 is 21.9 Å². The second-order valence-electron chi connectivity index (χ2n) is 15.2. The molecule has 0 fully saturated rings. The fourth-order valence-corrected chi connectivity index (χ4v) is 7.91. The van der Waals surface area contributed by atoms with E-state index in [2.05, 4.69) is 116 Å². The first-order valence-corrected chi connectivity index (χ1v) is 20.2. The largest absolute Gasteiger partial charge is 0.209 e. The maximum atomic E-state index is 5.07. The Bertz CT molecular complexity index is 2890. The minimum absolute atomic E-state index is 0.165. The number of aromatic nitrogens is 6. The Morgan fingerprint density at radius 2 is 0.966 bits per heavy atom. The van der Waals surface area contributed by atoms with Crippen molar-refractivity contribution in [1.82, 2.24) is 29.9 Å². The van der Waals surface area contributed by atoms with Gasteiger partial charge in [0.2, 0.25) is 0 Å². The van der Waals surface area contributed by atoms with Gasteiger partial charge in [-0.05, 0) is 58.4 Å². The van der Waals surface area contributed by atoms with Crippen LogP contribution in [-0.4, -0.2) is 29.9 Å². The van der Waals surface area contributed by atoms with Crippen LogP contribution in [0.25, 0.3) is 78.6 Å². The summed E-state index contributed by atoms with van der Waals surface area (Å²) in [6.45, 7) is 2.23. The Balaban J connectivity index is 0.986. The second kappa shape index (κ2) is 15.8. The van der Waals surface area contributed by atoms with Gasteiger partial charge < -0.3 is 0 Å². The number of fused-ring (bicyclic) bond motifs is 1. The zero-order valence-electron chi connectivity index (χ0n) is 32.7. The highest BCUT2D eigenvalue weighted by Crippen LogP contribution is 2.36. The lowest BCUT2D eigenvalue weighted by atomic mass is 9.88. The van der Waals surface area contributed by atoms with Crippen LogP contribution in [0, 0.1) is 5.92 Å². The predicted molar refractivity (Wildman–Crippen MR) is 240 cm³/mol. The monoisotopic (exact) mass is 760 g/mol. The topological polar surface area (TPSA) is 77.3 Å². The Morgan fingerprint density at radius 3 is 1.61 bits per heavy atom. The molecule has 0 amide bonds. The number of nitrogens with zero attached hydrogens (tertiary/aromatic N) is 6. The summed E-state index contributed by atoms with van der Waals surface area (Å²) in [6.07, 6.45) is 15.0. The highest BCUT2D eigenvalue weighted by molar-refractivity contribution is 5.89. The Morgan fingerprint density at radius 1 is 0.424 bits per heavy atom. The molecule has 6 aromatic carbocycles. The van der Waals surface area contributed by atoms with Crippen molar-refractivity contribution in [2.45, 2.75) is 25.7 Å². The maximum absolute atomic E-state index is 5.07. The molecule has 0 aliphatic heterocycles. The molecule has 0 radical (unpaired) electrons. The molecule has 6 heteroatoms. The molecule has 2 aliphatic rings. The number of rotatable bonds is 8. The van der Waals surface area contributed by atoms with Crippen molar-refractivity contribution in [3.63, 3.8) is 0 Å². The van der Waals surface area contributed by atoms with Gasteiger partial charge >= 0.3 is 0 Å². The summed E-state index contributed by atoms with van der Waals surface area (Å²) in [5.41, 5.74) is 9.45. The van der Waals surface area contributed by atoms with Gasteiger partial charge in [-0.1, -0.05) is 183 Å². The molecule has 282 valence electrons. The van der Waals surface area contributed by atoms with Crippen molar-refractivity contribution in [1.29, 1.82) is 0 Å². The zero-order valence-corrected chi connectivity index (χ0v) is 32.7. The van der Waals surface area contributed by atoms with E-state index in [1.807, 2.05) is 78.9 Å². The Kier molecular flexibility index (Phi) is 9.64. The molecule has 2 atom stereocenters. The van der Waals surface area contributed by atoms with Gasteiger partial charge in [0.05, 0.1) is 0 Å². The molecule has 2 aromatic heterocycles. The zero-order chi connectivity index (χ0) is 39.5. The Hall–Kier alpha value is -7.44. The third-order valence-electron chi connectivity index (χ3n) is 11.1. The summed E-state index contributed by atoms with van der Waals surface area (Å²) in [5.74, 6) is 4.55. The number of hydrogen-bond acceptors (Lipinski definition) is 6. The van der Waals surface area contributed by atoms with E-state index >= 15 is 0 Å². The van der Waals surface area contributed by atoms with Crippen LogP contribution < -0.4 is 0 Å². The Labute approximate surface area is 344 Å². The minimum Gasteiger partial charge on any atom is -0.209 e. The molecule has 2 aliphatic carbocycles. The molecule has 0 bridgehead atoms. The van der Waals surface area contributed by atoms with E-state index < -0.39 is 0 Å². The third kappa shape index (κ3) is 7.56. The molecule has 6 nitrogen and oxygen atoms in total. The van der Waals surface area contributed by atoms with E-state index in [1.54, 1.807) is 0 Å². The van der Waals surface area contributed by atoms with Gasteiger partial charge in [0.1, 0.15) is 0 Å². The highest BCUT2D eigenvalue weighted by Gasteiger charge is 2.20. The standard InChI is InChI=1S/C53H40N6/c1-35-15-11-12-26-47(35)53-58-50(39-20-9-4-10-21-39)57-52(59-53)45-25-14-23-41(32-45)43-30-28-36-27-29-42(33-46(36)34-43)40-22-13-24-44(31-40)51-55-48(37-16-5-2-6-17-37)54-49(56-51)38-18-7-3-8-19-38/h2-14,16-21,23-35,40H,15,22H2,1H3. The molecular formula is C53H40N6. The molecule has 0 N–H and O–H groups in total. The molecule has 0 spiro atoms. The van der Waals surface area contributed by atoms with Gasteiger partial charge in [-0.3, -0.25) is 0 Å². The summed E-state index contributed by atoms with van der Waals surface area (Å²) in [6, 6.07) is 52.5. The van der Waals surface area contributed by atoms with E-state index in [1.165, 1.54) is 16.3 Å². The lowest BCUT2D eigenvalue weighted by molar-refractivity contribution is 0.747. The summed E-state index contributed by atoms with van der Waals surface area (Å²) >= 11 is 0. The summed E-state index contributed by atoms with van der Waals surface area (Å²) in [7, 11) is 0. The lowest BCUT2D eigenvalue weighted by Crippen LogP contribution is -2.08. The van der Waals surface area contributed by atoms with Crippen molar-refractivity contribution < 1.29 is 0 Å². The van der Waals surface area contributed by atoms with Crippen molar-refractivity contribution in [2.24, 2.45) is 5.92 Å². The predicted octanol–water partition coefficient (Wildman–Crippen LogP) is 12.7. The molecule has 2 heterocycles. The highest BCUT2D eigenvalue weighted by atomic mass is 15.0. The van der Waals surface area contributed by atoms with E-state index in [0.717, 1.165) is 63.2 Å². The van der Waals surface area contributed by atoms with Gasteiger partial charge in [0, 0.05) is 39.3 Å². The summed E-state index contributed by atoms with van der Waals surface area (Å²) < 4.78 is 0. The fourth-order valence-electron chi connectivity index (χ4n) is 7.91. The van der Waals surface area contributed by atoms with Crippen molar-refractivity contribution in [3.05, 3.63) is 205 Å². The van der Waals surface area contributed by atoms with Crippen molar-refractivity contribution in [3.8, 4) is 56.7 Å². The van der Waals surface area contributed by atoms with Crippen LogP contribution in [0.15, 0.2) is 188 Å². The van der Waals surface area contributed by atoms with Crippen LogP contribution in [0.5, 0.6) is 0 Å². The SMILES string of the molecule is CC1CC=CC=C1c1nc(-c2ccccc2)nc(-c2cccc(-c3ccc4ccc(C5C=C(c6nc(-c7ccccc7)nc(-c7ccccc7)n6)C=CC5)cc4c3)c2)n1. The average molecular weight is 761 g/mol. The minimum atomic E-state index is 0.165. The van der Waals surface area contributed by atoms with Crippen LogP contribution in [0.2, 0.25) is 0 Å². The van der Waals surface area contributed by atoms with E-state index in [4.69, 9.17) is 29.9 Å². The first-order chi connectivity index (χ1) is 29.1. The van der Waals surface area contributed by atoms with Gasteiger partial charge in [0.15, 0.2) is 34.9 Å². The lowest BCUT2D eigenvalue weighted by Gasteiger charge is -2.18. The first kappa shape index (κ1) is 35.9. The molecule has 8 aromatic rings. The fraction of sp³-hybridized carbons (Fsp3) is 0.0943. The van der Waals surface area contributed by atoms with Gasteiger partial charge in [-0.25, -0.2) is 29.9 Å². The number of hydrogen-bond donors (Lipinski definition) is 0. The molecule has 10 rings (SSSR count). The van der Waals surface area contributed by atoms with E-state index in [0.29, 0.717) is 35.0 Å². The van der Waals surface area contributed by atoms with Gasteiger partial charge in [0.25, 0.3) is 0 Å². The number of allylic oxidation sites excluding steroid dienone is 8. The van der Waals surface area contributed by atoms with Crippen LogP contribution >= 0.6 is 0 Å². The van der Waals surface area contributed by atoms with Crippen LogP contribution in [-0.2, 0) is 0 Å². The molecule has 0 saturated carbocycles. The van der Waals surface area contributed by atoms with Crippen LogP contribution in [0.3, 0.4) is 0 Å². The average Bonchev–Trinajstić information content (AvgIpc) is 3.32. The van der Waals surface area contributed by atoms with E-state index in [-0.39, 0.29) is 5.92 Å². The maximum Gasteiger partial charge on any atom is 0.164 e. The normalized spacial score (nSPS) is 16.2. The molecular weight excluding hydrogens is 721 g/mol. The second-order valence-corrected chi connectivity index (χ2v) is 15.2. The smallest absolute Gasteiger partial charge is 0.164 e. The van der Waals surface area contributed by atoms with Crippen LogP contribution in [0.1, 0.15) is 42.9 Å². The van der Waals surface area contributed by atoms with E-state index in [9.17, 15) is 0 Å². The number of benzene rings is 6. The van der Waals surface area contributed by atoms with Gasteiger partial charge in [-0.15, -0.1) is 0 Å². The van der Waals surface area contributed by atoms with Crippen molar-refractivity contribution in [2.75, 3.05) is 0 Å². The van der Waals surface area contributed by atoms with Gasteiger partial charge in [-0.2, -0.15) is 0 Å². The summed E-state index contributed by atoms with van der Waals surface area (Å²) in [4.78, 5) is 30.0. The van der Waals surface area contributed by atoms with Crippen LogP contribution in [0.4, 0.5) is 0 Å². The third-order valence-corrected chi connectivity index (χ3v) is 11.1. The molecule has 59 heavy (non-hydrogen) atoms. The summed E-state index contributed by atoms with van der Waals surface area (Å²) in [5, 5.41) is 2.38. The quantitative estimate of drug-likeness (QED) is 0.153.